The lowest BCUT2D eigenvalue weighted by Crippen LogP contribution is -2.40. The van der Waals surface area contributed by atoms with Crippen molar-refractivity contribution in [2.75, 3.05) is 6.79 Å². The van der Waals surface area contributed by atoms with Crippen molar-refractivity contribution in [1.29, 1.82) is 0 Å². The molecule has 27 heavy (non-hydrogen) atoms. The number of fused-ring (bicyclic) bond motifs is 1. The van der Waals surface area contributed by atoms with Crippen LogP contribution in [0.1, 0.15) is 61.7 Å². The highest BCUT2D eigenvalue weighted by Gasteiger charge is 2.27. The molecule has 1 fully saturated rings. The molecule has 0 atom stereocenters. The summed E-state index contributed by atoms with van der Waals surface area (Å²) in [4.78, 5) is 16.6. The molecule has 144 valence electrons. The summed E-state index contributed by atoms with van der Waals surface area (Å²) in [5.41, 5.74) is 0.392. The summed E-state index contributed by atoms with van der Waals surface area (Å²) in [5.74, 6) is 2.86. The number of aromatic nitrogens is 1. The number of benzene rings is 1. The number of oxazole rings is 1. The number of hydrogen-bond donors (Lipinski definition) is 1. The highest BCUT2D eigenvalue weighted by atomic mass is 16.7. The summed E-state index contributed by atoms with van der Waals surface area (Å²) in [6.07, 6.45) is 4.98. The van der Waals surface area contributed by atoms with Gasteiger partial charge in [-0.3, -0.25) is 4.79 Å². The molecule has 0 unspecified atom stereocenters. The second kappa shape index (κ2) is 7.50. The lowest BCUT2D eigenvalue weighted by Gasteiger charge is -2.29. The van der Waals surface area contributed by atoms with Gasteiger partial charge in [0.05, 0.1) is 6.10 Å². The largest absolute Gasteiger partial charge is 0.490 e. The van der Waals surface area contributed by atoms with Crippen LogP contribution in [0, 0.1) is 0 Å². The topological polar surface area (TPSA) is 82.8 Å². The first kappa shape index (κ1) is 17.7. The van der Waals surface area contributed by atoms with Crippen LogP contribution in [0.4, 0.5) is 0 Å². The average Bonchev–Trinajstić information content (AvgIpc) is 3.32. The summed E-state index contributed by atoms with van der Waals surface area (Å²) >= 11 is 0. The van der Waals surface area contributed by atoms with Crippen LogP contribution in [0.2, 0.25) is 0 Å². The van der Waals surface area contributed by atoms with Crippen molar-refractivity contribution in [2.24, 2.45) is 0 Å². The fraction of sp³-hybridized carbons (Fsp3) is 0.500. The monoisotopic (exact) mass is 372 g/mol. The fourth-order valence-electron chi connectivity index (χ4n) is 3.56. The second-order valence-corrected chi connectivity index (χ2v) is 7.30. The van der Waals surface area contributed by atoms with Crippen molar-refractivity contribution in [2.45, 2.75) is 57.6 Å². The maximum Gasteiger partial charge on any atom is 0.273 e. The van der Waals surface area contributed by atoms with Crippen molar-refractivity contribution in [3.05, 3.63) is 36.0 Å². The maximum atomic E-state index is 12.5. The Morgan fingerprint density at radius 3 is 2.74 bits per heavy atom. The van der Waals surface area contributed by atoms with Crippen LogP contribution >= 0.6 is 0 Å². The molecule has 7 nitrogen and oxygen atoms in total. The maximum absolute atomic E-state index is 12.5. The predicted molar refractivity (Wildman–Crippen MR) is 97.3 cm³/mol. The van der Waals surface area contributed by atoms with Gasteiger partial charge >= 0.3 is 0 Å². The number of carbonyl (C=O) groups excluding carboxylic acids is 1. The Morgan fingerprint density at radius 1 is 1.19 bits per heavy atom. The number of ether oxygens (including phenoxy) is 3. The molecule has 0 radical (unpaired) electrons. The van der Waals surface area contributed by atoms with E-state index < -0.39 is 0 Å². The van der Waals surface area contributed by atoms with Crippen molar-refractivity contribution < 1.29 is 23.4 Å². The van der Waals surface area contributed by atoms with Crippen LogP contribution in [0.3, 0.4) is 0 Å². The molecular formula is C20H24N2O5. The van der Waals surface area contributed by atoms with Gasteiger partial charge in [0.1, 0.15) is 11.5 Å². The third kappa shape index (κ3) is 3.86. The minimum Gasteiger partial charge on any atom is -0.490 e. The van der Waals surface area contributed by atoms with Gasteiger partial charge < -0.3 is 23.9 Å². The van der Waals surface area contributed by atoms with Gasteiger partial charge in [-0.2, -0.15) is 0 Å². The quantitative estimate of drug-likeness (QED) is 0.863. The van der Waals surface area contributed by atoms with E-state index in [2.05, 4.69) is 10.3 Å². The lowest BCUT2D eigenvalue weighted by atomic mass is 9.92. The summed E-state index contributed by atoms with van der Waals surface area (Å²) < 4.78 is 22.1. The van der Waals surface area contributed by atoms with E-state index in [1.54, 1.807) is 0 Å². The Hall–Kier alpha value is -2.70. The molecule has 4 rings (SSSR count). The van der Waals surface area contributed by atoms with E-state index in [0.717, 1.165) is 42.9 Å². The molecule has 7 heteroatoms. The van der Waals surface area contributed by atoms with Crippen LogP contribution in [0.15, 0.2) is 29.0 Å². The Labute approximate surface area is 158 Å². The van der Waals surface area contributed by atoms with Crippen LogP contribution in [-0.2, 0) is 0 Å². The Morgan fingerprint density at radius 2 is 1.96 bits per heavy atom. The van der Waals surface area contributed by atoms with Gasteiger partial charge in [-0.15, -0.1) is 0 Å². The van der Waals surface area contributed by atoms with Crippen LogP contribution in [0.25, 0.3) is 0 Å². The first-order valence-corrected chi connectivity index (χ1v) is 9.40. The zero-order valence-corrected chi connectivity index (χ0v) is 15.6. The molecule has 1 aromatic carbocycles. The molecule has 2 heterocycles. The molecule has 1 N–H and O–H groups in total. The first-order chi connectivity index (χ1) is 13.1. The van der Waals surface area contributed by atoms with Crippen LogP contribution in [0.5, 0.6) is 17.2 Å². The SMILES string of the molecule is CC(C)c1ocnc1C(=O)NC1CCC(Oc2ccc3c(c2)OCO3)CC1. The van der Waals surface area contributed by atoms with Crippen molar-refractivity contribution in [1.82, 2.24) is 10.3 Å². The van der Waals surface area contributed by atoms with E-state index in [4.69, 9.17) is 18.6 Å². The molecule has 2 aromatic rings. The van der Waals surface area contributed by atoms with E-state index in [1.807, 2.05) is 32.0 Å². The fourth-order valence-corrected chi connectivity index (χ4v) is 3.56. The summed E-state index contributed by atoms with van der Waals surface area (Å²) in [5, 5.41) is 3.08. The number of hydrogen-bond acceptors (Lipinski definition) is 6. The van der Waals surface area contributed by atoms with Gasteiger partial charge in [-0.25, -0.2) is 4.98 Å². The molecular weight excluding hydrogens is 348 g/mol. The van der Waals surface area contributed by atoms with Gasteiger partial charge in [-0.05, 0) is 37.8 Å². The predicted octanol–water partition coefficient (Wildman–Crippen LogP) is 3.65. The minimum atomic E-state index is -0.160. The van der Waals surface area contributed by atoms with Crippen LogP contribution in [-0.4, -0.2) is 29.8 Å². The normalized spacial score (nSPS) is 21.3. The van der Waals surface area contributed by atoms with E-state index in [9.17, 15) is 4.79 Å². The summed E-state index contributed by atoms with van der Waals surface area (Å²) in [6, 6.07) is 5.77. The second-order valence-electron chi connectivity index (χ2n) is 7.30. The van der Waals surface area contributed by atoms with Crippen molar-refractivity contribution in [3.8, 4) is 17.2 Å². The van der Waals surface area contributed by atoms with Crippen molar-refractivity contribution in [3.63, 3.8) is 0 Å². The van der Waals surface area contributed by atoms with Crippen LogP contribution < -0.4 is 19.5 Å². The number of carbonyl (C=O) groups is 1. The highest BCUT2D eigenvalue weighted by molar-refractivity contribution is 5.93. The molecule has 1 aromatic heterocycles. The molecule has 1 saturated carbocycles. The number of nitrogens with zero attached hydrogens (tertiary/aromatic N) is 1. The van der Waals surface area contributed by atoms with Gasteiger partial charge in [0.15, 0.2) is 23.6 Å². The molecule has 0 bridgehead atoms. The molecule has 1 aliphatic carbocycles. The Balaban J connectivity index is 1.29. The third-order valence-corrected chi connectivity index (χ3v) is 4.99. The Bertz CT molecular complexity index is 808. The van der Waals surface area contributed by atoms with E-state index in [1.165, 1.54) is 6.39 Å². The number of nitrogens with one attached hydrogen (secondary N) is 1. The smallest absolute Gasteiger partial charge is 0.273 e. The van der Waals surface area contributed by atoms with E-state index in [0.29, 0.717) is 11.5 Å². The summed E-state index contributed by atoms with van der Waals surface area (Å²) in [7, 11) is 0. The van der Waals surface area contributed by atoms with E-state index >= 15 is 0 Å². The van der Waals surface area contributed by atoms with E-state index in [-0.39, 0.29) is 30.8 Å². The zero-order valence-electron chi connectivity index (χ0n) is 15.6. The number of rotatable bonds is 5. The molecule has 0 spiro atoms. The molecule has 1 amide bonds. The standard InChI is InChI=1S/C20H24N2O5/c1-12(2)19-18(21-10-24-19)20(23)22-13-3-5-14(6-4-13)27-15-7-8-16-17(9-15)26-11-25-16/h7-10,12-14H,3-6,11H2,1-2H3,(H,22,23). The first-order valence-electron chi connectivity index (χ1n) is 9.40. The summed E-state index contributed by atoms with van der Waals surface area (Å²) in [6.45, 7) is 4.22. The van der Waals surface area contributed by atoms with Gasteiger partial charge in [0.25, 0.3) is 5.91 Å². The zero-order chi connectivity index (χ0) is 18.8. The van der Waals surface area contributed by atoms with Crippen molar-refractivity contribution >= 4 is 5.91 Å². The molecule has 2 aliphatic rings. The lowest BCUT2D eigenvalue weighted by molar-refractivity contribution is 0.0887. The molecule has 1 aliphatic heterocycles. The van der Waals surface area contributed by atoms with Gasteiger partial charge in [0.2, 0.25) is 6.79 Å². The minimum absolute atomic E-state index is 0.124. The molecule has 0 saturated heterocycles. The third-order valence-electron chi connectivity index (χ3n) is 4.99. The highest BCUT2D eigenvalue weighted by Crippen LogP contribution is 2.36. The van der Waals surface area contributed by atoms with Gasteiger partial charge in [0, 0.05) is 18.0 Å². The average molecular weight is 372 g/mol. The number of amides is 1. The van der Waals surface area contributed by atoms with Gasteiger partial charge in [-0.1, -0.05) is 13.8 Å². The Kier molecular flexibility index (Phi) is 4.92.